The summed E-state index contributed by atoms with van der Waals surface area (Å²) < 4.78 is 10.5. The van der Waals surface area contributed by atoms with Crippen molar-refractivity contribution in [1.82, 2.24) is 9.97 Å². The van der Waals surface area contributed by atoms with E-state index in [0.29, 0.717) is 11.9 Å². The summed E-state index contributed by atoms with van der Waals surface area (Å²) >= 11 is 0. The van der Waals surface area contributed by atoms with Gasteiger partial charge in [0.05, 0.1) is 19.5 Å². The van der Waals surface area contributed by atoms with Crippen LogP contribution in [0.1, 0.15) is 19.3 Å². The Morgan fingerprint density at radius 2 is 2.59 bits per heavy atom. The molecule has 0 radical (unpaired) electrons. The van der Waals surface area contributed by atoms with Crippen molar-refractivity contribution in [3.8, 4) is 5.75 Å². The zero-order valence-corrected chi connectivity index (χ0v) is 9.86. The summed E-state index contributed by atoms with van der Waals surface area (Å²) in [6.45, 7) is 1.58. The average Bonchev–Trinajstić information content (AvgIpc) is 2.82. The van der Waals surface area contributed by atoms with E-state index in [4.69, 9.17) is 9.47 Å². The molecule has 6 nitrogen and oxygen atoms in total. The zero-order valence-electron chi connectivity index (χ0n) is 9.86. The van der Waals surface area contributed by atoms with Crippen LogP contribution in [-0.2, 0) is 4.74 Å². The molecule has 1 aromatic heterocycles. The molecule has 0 bridgehead atoms. The molecule has 1 atom stereocenters. The van der Waals surface area contributed by atoms with Crippen LogP contribution >= 0.6 is 0 Å². The minimum absolute atomic E-state index is 0.222. The van der Waals surface area contributed by atoms with Crippen molar-refractivity contribution >= 4 is 5.82 Å². The topological polar surface area (TPSA) is 76.2 Å². The van der Waals surface area contributed by atoms with Gasteiger partial charge < -0.3 is 19.8 Å². The van der Waals surface area contributed by atoms with Crippen molar-refractivity contribution < 1.29 is 9.47 Å². The number of hydrogen-bond acceptors (Lipinski definition) is 5. The summed E-state index contributed by atoms with van der Waals surface area (Å²) in [6, 6.07) is 0. The second kappa shape index (κ2) is 5.67. The normalized spacial score (nSPS) is 19.2. The summed E-state index contributed by atoms with van der Waals surface area (Å²) in [5, 5.41) is 3.10. The molecular weight excluding hydrogens is 222 g/mol. The van der Waals surface area contributed by atoms with E-state index in [1.54, 1.807) is 0 Å². The SMILES string of the molecule is COc1c(NCCC2CCCO2)nc[nH]c1=O. The molecule has 17 heavy (non-hydrogen) atoms. The van der Waals surface area contributed by atoms with Crippen LogP contribution in [0.3, 0.4) is 0 Å². The van der Waals surface area contributed by atoms with Crippen LogP contribution in [0.5, 0.6) is 5.75 Å². The van der Waals surface area contributed by atoms with Gasteiger partial charge in [-0.15, -0.1) is 0 Å². The van der Waals surface area contributed by atoms with Crippen LogP contribution in [-0.4, -0.2) is 36.3 Å². The molecule has 2 rings (SSSR count). The van der Waals surface area contributed by atoms with E-state index in [1.807, 2.05) is 0 Å². The van der Waals surface area contributed by atoms with Crippen molar-refractivity contribution in [2.24, 2.45) is 0 Å². The number of H-pyrrole nitrogens is 1. The molecule has 6 heteroatoms. The van der Waals surface area contributed by atoms with Gasteiger partial charge in [0.15, 0.2) is 5.82 Å². The lowest BCUT2D eigenvalue weighted by Gasteiger charge is -2.11. The number of nitrogens with one attached hydrogen (secondary N) is 2. The summed E-state index contributed by atoms with van der Waals surface area (Å²) in [5.41, 5.74) is -0.276. The highest BCUT2D eigenvalue weighted by Gasteiger charge is 2.15. The highest BCUT2D eigenvalue weighted by atomic mass is 16.5. The highest BCUT2D eigenvalue weighted by Crippen LogP contribution is 2.17. The Bertz CT molecular complexity index is 413. The molecule has 0 aliphatic carbocycles. The largest absolute Gasteiger partial charge is 0.489 e. The molecule has 0 amide bonds. The molecule has 1 aliphatic rings. The Balaban J connectivity index is 1.89. The lowest BCUT2D eigenvalue weighted by molar-refractivity contribution is 0.107. The number of anilines is 1. The molecule has 1 unspecified atom stereocenters. The van der Waals surface area contributed by atoms with Gasteiger partial charge in [-0.2, -0.15) is 0 Å². The first-order chi connectivity index (χ1) is 8.31. The lowest BCUT2D eigenvalue weighted by atomic mass is 10.2. The Kier molecular flexibility index (Phi) is 3.98. The van der Waals surface area contributed by atoms with Crippen LogP contribution in [0, 0.1) is 0 Å². The third kappa shape index (κ3) is 2.97. The van der Waals surface area contributed by atoms with Crippen molar-refractivity contribution in [3.63, 3.8) is 0 Å². The maximum atomic E-state index is 11.4. The molecule has 2 N–H and O–H groups in total. The number of ether oxygens (including phenoxy) is 2. The smallest absolute Gasteiger partial charge is 0.295 e. The van der Waals surface area contributed by atoms with Gasteiger partial charge in [0.2, 0.25) is 5.75 Å². The Morgan fingerprint density at radius 3 is 3.29 bits per heavy atom. The average molecular weight is 239 g/mol. The Labute approximate surface area is 99.4 Å². The number of methoxy groups -OCH3 is 1. The first-order valence-electron chi connectivity index (χ1n) is 5.78. The molecule has 0 aromatic carbocycles. The molecule has 0 saturated carbocycles. The molecule has 1 saturated heterocycles. The van der Waals surface area contributed by atoms with Gasteiger partial charge in [0.25, 0.3) is 5.56 Å². The summed E-state index contributed by atoms with van der Waals surface area (Å²) in [6.07, 6.45) is 4.85. The van der Waals surface area contributed by atoms with Crippen molar-refractivity contribution in [3.05, 3.63) is 16.7 Å². The van der Waals surface area contributed by atoms with Gasteiger partial charge in [0.1, 0.15) is 0 Å². The minimum atomic E-state index is -0.276. The van der Waals surface area contributed by atoms with Crippen molar-refractivity contribution in [2.45, 2.75) is 25.4 Å². The fraction of sp³-hybridized carbons (Fsp3) is 0.636. The van der Waals surface area contributed by atoms with Gasteiger partial charge in [-0.25, -0.2) is 4.98 Å². The van der Waals surface area contributed by atoms with Crippen LogP contribution in [0.15, 0.2) is 11.1 Å². The third-order valence-corrected chi connectivity index (χ3v) is 2.80. The van der Waals surface area contributed by atoms with E-state index in [0.717, 1.165) is 32.4 Å². The third-order valence-electron chi connectivity index (χ3n) is 2.80. The highest BCUT2D eigenvalue weighted by molar-refractivity contribution is 5.47. The number of aromatic amines is 1. The van der Waals surface area contributed by atoms with E-state index in [9.17, 15) is 4.79 Å². The molecule has 2 heterocycles. The second-order valence-corrected chi connectivity index (χ2v) is 3.96. The van der Waals surface area contributed by atoms with E-state index in [2.05, 4.69) is 15.3 Å². The first-order valence-corrected chi connectivity index (χ1v) is 5.78. The summed E-state index contributed by atoms with van der Waals surface area (Å²) in [4.78, 5) is 17.9. The number of nitrogens with zero attached hydrogens (tertiary/aromatic N) is 1. The Hall–Kier alpha value is -1.56. The van der Waals surface area contributed by atoms with Crippen molar-refractivity contribution in [1.29, 1.82) is 0 Å². The first kappa shape index (κ1) is 11.9. The summed E-state index contributed by atoms with van der Waals surface area (Å²) in [5.74, 6) is 0.703. The van der Waals surface area contributed by atoms with Gasteiger partial charge in [-0.05, 0) is 19.3 Å². The number of aromatic nitrogens is 2. The molecule has 94 valence electrons. The van der Waals surface area contributed by atoms with Gasteiger partial charge in [-0.1, -0.05) is 0 Å². The van der Waals surface area contributed by atoms with E-state index in [-0.39, 0.29) is 11.3 Å². The van der Waals surface area contributed by atoms with Crippen LogP contribution in [0.2, 0.25) is 0 Å². The van der Waals surface area contributed by atoms with E-state index in [1.165, 1.54) is 13.4 Å². The number of rotatable bonds is 5. The van der Waals surface area contributed by atoms with E-state index < -0.39 is 0 Å². The van der Waals surface area contributed by atoms with Gasteiger partial charge in [0, 0.05) is 13.2 Å². The summed E-state index contributed by atoms with van der Waals surface area (Å²) in [7, 11) is 1.46. The van der Waals surface area contributed by atoms with Gasteiger partial charge >= 0.3 is 0 Å². The van der Waals surface area contributed by atoms with Gasteiger partial charge in [-0.3, -0.25) is 4.79 Å². The van der Waals surface area contributed by atoms with E-state index >= 15 is 0 Å². The lowest BCUT2D eigenvalue weighted by Crippen LogP contribution is -2.17. The zero-order chi connectivity index (χ0) is 12.1. The molecular formula is C11H17N3O3. The standard InChI is InChI=1S/C11H17N3O3/c1-16-9-10(13-7-14-11(9)15)12-5-4-8-3-2-6-17-8/h7-8H,2-6H2,1H3,(H2,12,13,14,15). The van der Waals surface area contributed by atoms with Crippen molar-refractivity contribution in [2.75, 3.05) is 25.6 Å². The minimum Gasteiger partial charge on any atom is -0.489 e. The molecule has 0 spiro atoms. The maximum Gasteiger partial charge on any atom is 0.295 e. The second-order valence-electron chi connectivity index (χ2n) is 3.96. The predicted molar refractivity (Wildman–Crippen MR) is 63.5 cm³/mol. The van der Waals surface area contributed by atoms with Crippen LogP contribution in [0.4, 0.5) is 5.82 Å². The fourth-order valence-electron chi connectivity index (χ4n) is 1.93. The quantitative estimate of drug-likeness (QED) is 0.793. The Morgan fingerprint density at radius 1 is 1.71 bits per heavy atom. The fourth-order valence-corrected chi connectivity index (χ4v) is 1.93. The molecule has 1 aromatic rings. The van der Waals surface area contributed by atoms with Crippen LogP contribution in [0.25, 0.3) is 0 Å². The number of hydrogen-bond donors (Lipinski definition) is 2. The van der Waals surface area contributed by atoms with Crippen LogP contribution < -0.4 is 15.6 Å². The predicted octanol–water partition coefficient (Wildman–Crippen LogP) is 0.759. The monoisotopic (exact) mass is 239 g/mol. The maximum absolute atomic E-state index is 11.4. The molecule has 1 fully saturated rings. The molecule has 1 aliphatic heterocycles.